The highest BCUT2D eigenvalue weighted by molar-refractivity contribution is 9.10. The second-order valence-electron chi connectivity index (χ2n) is 6.23. The smallest absolute Gasteiger partial charge is 0.265 e. The second kappa shape index (κ2) is 7.07. The molecule has 6 nitrogen and oxygen atoms in total. The molecule has 1 aliphatic rings. The molecule has 1 atom stereocenters. The minimum absolute atomic E-state index is 0.00273. The van der Waals surface area contributed by atoms with Gasteiger partial charge < -0.3 is 14.2 Å². The molecule has 0 bridgehead atoms. The standard InChI is InChI=1S/C19H19BrN2O4/c1-4-21-15-8-13(5-6-16(15)26-10-17(21)23)18(24)12(3)22-9-11(2)7-14(20)19(22)25/h5-9,12H,4,10H2,1-3H3. The number of amides is 1. The van der Waals surface area contributed by atoms with E-state index in [0.717, 1.165) is 5.56 Å². The molecule has 26 heavy (non-hydrogen) atoms. The molecule has 1 aliphatic heterocycles. The third kappa shape index (κ3) is 3.19. The summed E-state index contributed by atoms with van der Waals surface area (Å²) in [6.07, 6.45) is 1.67. The molecule has 136 valence electrons. The lowest BCUT2D eigenvalue weighted by Crippen LogP contribution is -2.38. The van der Waals surface area contributed by atoms with Crippen LogP contribution in [0.2, 0.25) is 0 Å². The van der Waals surface area contributed by atoms with Crippen LogP contribution < -0.4 is 15.2 Å². The number of anilines is 1. The molecule has 1 aromatic carbocycles. The van der Waals surface area contributed by atoms with Gasteiger partial charge in [0, 0.05) is 18.3 Å². The number of fused-ring (bicyclic) bond motifs is 1. The Balaban J connectivity index is 2.00. The van der Waals surface area contributed by atoms with E-state index in [4.69, 9.17) is 4.74 Å². The molecule has 2 heterocycles. The lowest BCUT2D eigenvalue weighted by molar-refractivity contribution is -0.121. The third-order valence-corrected chi connectivity index (χ3v) is 5.00. The van der Waals surface area contributed by atoms with Crippen molar-refractivity contribution in [2.75, 3.05) is 18.1 Å². The number of carbonyl (C=O) groups is 2. The fraction of sp³-hybridized carbons (Fsp3) is 0.316. The van der Waals surface area contributed by atoms with E-state index in [2.05, 4.69) is 15.9 Å². The molecule has 1 unspecified atom stereocenters. The summed E-state index contributed by atoms with van der Waals surface area (Å²) >= 11 is 3.24. The first-order chi connectivity index (χ1) is 12.3. The minimum Gasteiger partial charge on any atom is -0.482 e. The van der Waals surface area contributed by atoms with Crippen LogP contribution in [0, 0.1) is 6.92 Å². The Bertz CT molecular complexity index is 951. The summed E-state index contributed by atoms with van der Waals surface area (Å²) in [5.74, 6) is 0.226. The number of likely N-dealkylation sites (N-methyl/N-ethyl adjacent to an activating group) is 1. The first kappa shape index (κ1) is 18.4. The van der Waals surface area contributed by atoms with Gasteiger partial charge in [-0.15, -0.1) is 0 Å². The predicted molar refractivity (Wildman–Crippen MR) is 102 cm³/mol. The Morgan fingerprint density at radius 2 is 2.04 bits per heavy atom. The molecule has 0 spiro atoms. The number of Topliss-reactive ketones (excluding diaryl/α,β-unsaturated/α-hetero) is 1. The van der Waals surface area contributed by atoms with Gasteiger partial charge >= 0.3 is 0 Å². The van der Waals surface area contributed by atoms with Crippen LogP contribution in [0.5, 0.6) is 5.75 Å². The third-order valence-electron chi connectivity index (χ3n) is 4.44. The van der Waals surface area contributed by atoms with Gasteiger partial charge in [-0.3, -0.25) is 14.4 Å². The Hall–Kier alpha value is -2.41. The van der Waals surface area contributed by atoms with E-state index in [1.807, 2.05) is 13.8 Å². The maximum Gasteiger partial charge on any atom is 0.265 e. The van der Waals surface area contributed by atoms with Gasteiger partial charge in [0.1, 0.15) is 5.75 Å². The summed E-state index contributed by atoms with van der Waals surface area (Å²) in [7, 11) is 0. The fourth-order valence-electron chi connectivity index (χ4n) is 3.06. The lowest BCUT2D eigenvalue weighted by atomic mass is 10.0. The molecular formula is C19H19BrN2O4. The average molecular weight is 419 g/mol. The quantitative estimate of drug-likeness (QED) is 0.715. The molecule has 7 heteroatoms. The van der Waals surface area contributed by atoms with Gasteiger partial charge in [-0.1, -0.05) is 0 Å². The first-order valence-electron chi connectivity index (χ1n) is 8.33. The zero-order valence-corrected chi connectivity index (χ0v) is 16.4. The van der Waals surface area contributed by atoms with Crippen LogP contribution in [0.1, 0.15) is 35.8 Å². The number of nitrogens with zero attached hydrogens (tertiary/aromatic N) is 2. The molecule has 0 N–H and O–H groups in total. The number of hydrogen-bond donors (Lipinski definition) is 0. The zero-order chi connectivity index (χ0) is 19.0. The summed E-state index contributed by atoms with van der Waals surface area (Å²) in [6, 6.07) is 6.06. The van der Waals surface area contributed by atoms with Crippen molar-refractivity contribution in [1.82, 2.24) is 4.57 Å². The number of hydrogen-bond acceptors (Lipinski definition) is 4. The van der Waals surface area contributed by atoms with E-state index in [0.29, 0.717) is 28.0 Å². The van der Waals surface area contributed by atoms with E-state index >= 15 is 0 Å². The maximum atomic E-state index is 13.0. The Morgan fingerprint density at radius 3 is 2.73 bits per heavy atom. The van der Waals surface area contributed by atoms with Crippen molar-refractivity contribution in [1.29, 1.82) is 0 Å². The fourth-order valence-corrected chi connectivity index (χ4v) is 3.62. The second-order valence-corrected chi connectivity index (χ2v) is 7.08. The molecule has 0 aliphatic carbocycles. The van der Waals surface area contributed by atoms with Crippen molar-refractivity contribution < 1.29 is 14.3 Å². The number of rotatable bonds is 4. The summed E-state index contributed by atoms with van der Waals surface area (Å²) in [5, 5.41) is 0. The van der Waals surface area contributed by atoms with Crippen molar-refractivity contribution in [2.24, 2.45) is 0 Å². The Labute approximate surface area is 159 Å². The predicted octanol–water partition coefficient (Wildman–Crippen LogP) is 3.11. The van der Waals surface area contributed by atoms with E-state index < -0.39 is 6.04 Å². The number of ether oxygens (including phenoxy) is 1. The summed E-state index contributed by atoms with van der Waals surface area (Å²) in [5.41, 5.74) is 1.62. The van der Waals surface area contributed by atoms with Crippen molar-refractivity contribution in [2.45, 2.75) is 26.8 Å². The van der Waals surface area contributed by atoms with Crippen molar-refractivity contribution >= 4 is 33.3 Å². The van der Waals surface area contributed by atoms with Gasteiger partial charge in [-0.25, -0.2) is 0 Å². The summed E-state index contributed by atoms with van der Waals surface area (Å²) in [4.78, 5) is 38.9. The minimum atomic E-state index is -0.674. The molecule has 0 radical (unpaired) electrons. The number of aryl methyl sites for hydroxylation is 1. The first-order valence-corrected chi connectivity index (χ1v) is 9.12. The van der Waals surface area contributed by atoms with Crippen molar-refractivity contribution in [3.8, 4) is 5.75 Å². The molecule has 1 amide bonds. The van der Waals surface area contributed by atoms with Gasteiger partial charge in [0.05, 0.1) is 16.2 Å². The van der Waals surface area contributed by atoms with Crippen LogP contribution in [-0.4, -0.2) is 29.4 Å². The molecule has 0 saturated heterocycles. The Morgan fingerprint density at radius 1 is 1.31 bits per heavy atom. The monoisotopic (exact) mass is 418 g/mol. The van der Waals surface area contributed by atoms with Crippen LogP contribution in [0.25, 0.3) is 0 Å². The molecule has 2 aromatic rings. The SMILES string of the molecule is CCN1C(=O)COc2ccc(C(=O)C(C)n3cc(C)cc(Br)c3=O)cc21. The number of halogens is 1. The van der Waals surface area contributed by atoms with E-state index in [1.165, 1.54) is 4.57 Å². The largest absolute Gasteiger partial charge is 0.482 e. The number of carbonyl (C=O) groups excluding carboxylic acids is 2. The van der Waals surface area contributed by atoms with Crippen molar-refractivity contribution in [3.05, 3.63) is 56.4 Å². The number of benzene rings is 1. The van der Waals surface area contributed by atoms with Gasteiger partial charge in [0.25, 0.3) is 11.5 Å². The average Bonchev–Trinajstić information content (AvgIpc) is 2.63. The molecule has 3 rings (SSSR count). The van der Waals surface area contributed by atoms with Crippen LogP contribution in [0.3, 0.4) is 0 Å². The van der Waals surface area contributed by atoms with Gasteiger partial charge in [-0.05, 0) is 66.5 Å². The topological polar surface area (TPSA) is 68.6 Å². The van der Waals surface area contributed by atoms with E-state index in [-0.39, 0.29) is 23.9 Å². The Kier molecular flexibility index (Phi) is 5.00. The van der Waals surface area contributed by atoms with Crippen LogP contribution >= 0.6 is 15.9 Å². The summed E-state index contributed by atoms with van der Waals surface area (Å²) < 4.78 is 7.27. The maximum absolute atomic E-state index is 13.0. The van der Waals surface area contributed by atoms with Gasteiger partial charge in [0.15, 0.2) is 12.4 Å². The molecule has 0 fully saturated rings. The number of aromatic nitrogens is 1. The molecule has 1 aromatic heterocycles. The van der Waals surface area contributed by atoms with Crippen LogP contribution in [0.15, 0.2) is 39.7 Å². The van der Waals surface area contributed by atoms with E-state index in [1.54, 1.807) is 42.3 Å². The molecule has 0 saturated carbocycles. The highest BCUT2D eigenvalue weighted by Crippen LogP contribution is 2.33. The van der Waals surface area contributed by atoms with E-state index in [9.17, 15) is 14.4 Å². The number of pyridine rings is 1. The van der Waals surface area contributed by atoms with Crippen LogP contribution in [0.4, 0.5) is 5.69 Å². The normalized spacial score (nSPS) is 14.6. The zero-order valence-electron chi connectivity index (χ0n) is 14.8. The highest BCUT2D eigenvalue weighted by Gasteiger charge is 2.27. The van der Waals surface area contributed by atoms with Gasteiger partial charge in [0.2, 0.25) is 0 Å². The van der Waals surface area contributed by atoms with Crippen molar-refractivity contribution in [3.63, 3.8) is 0 Å². The summed E-state index contributed by atoms with van der Waals surface area (Å²) in [6.45, 7) is 5.91. The molecular weight excluding hydrogens is 400 g/mol. The van der Waals surface area contributed by atoms with Gasteiger partial charge in [-0.2, -0.15) is 0 Å². The lowest BCUT2D eigenvalue weighted by Gasteiger charge is -2.28. The van der Waals surface area contributed by atoms with Crippen LogP contribution in [-0.2, 0) is 4.79 Å². The highest BCUT2D eigenvalue weighted by atomic mass is 79.9. The number of ketones is 1.